The SMILES string of the molecule is O=C(O)Cc1nc(C2CCOCC2)co1. The second kappa shape index (κ2) is 4.44. The molecule has 0 aliphatic carbocycles. The predicted octanol–water partition coefficient (Wildman–Crippen LogP) is 1.20. The van der Waals surface area contributed by atoms with Crippen LogP contribution in [-0.4, -0.2) is 29.3 Å². The van der Waals surface area contributed by atoms with E-state index >= 15 is 0 Å². The minimum absolute atomic E-state index is 0.150. The molecule has 5 nitrogen and oxygen atoms in total. The Balaban J connectivity index is 2.02. The van der Waals surface area contributed by atoms with E-state index in [1.807, 2.05) is 0 Å². The molecule has 2 rings (SSSR count). The van der Waals surface area contributed by atoms with E-state index in [1.54, 1.807) is 6.26 Å². The zero-order chi connectivity index (χ0) is 10.7. The van der Waals surface area contributed by atoms with E-state index in [1.165, 1.54) is 0 Å². The van der Waals surface area contributed by atoms with Crippen molar-refractivity contribution in [2.24, 2.45) is 0 Å². The average molecular weight is 211 g/mol. The molecule has 0 amide bonds. The number of aromatic nitrogens is 1. The lowest BCUT2D eigenvalue weighted by atomic mass is 9.97. The van der Waals surface area contributed by atoms with Gasteiger partial charge in [0.1, 0.15) is 12.7 Å². The van der Waals surface area contributed by atoms with Gasteiger partial charge in [0.05, 0.1) is 5.69 Å². The molecular weight excluding hydrogens is 198 g/mol. The molecule has 0 unspecified atom stereocenters. The van der Waals surface area contributed by atoms with E-state index in [0.717, 1.165) is 31.7 Å². The van der Waals surface area contributed by atoms with Crippen LogP contribution in [0.1, 0.15) is 30.3 Å². The van der Waals surface area contributed by atoms with Crippen molar-refractivity contribution in [3.63, 3.8) is 0 Å². The number of carbonyl (C=O) groups is 1. The molecule has 0 aromatic carbocycles. The van der Waals surface area contributed by atoms with Gasteiger partial charge in [0.2, 0.25) is 5.89 Å². The van der Waals surface area contributed by atoms with Crippen molar-refractivity contribution in [3.05, 3.63) is 17.8 Å². The summed E-state index contributed by atoms with van der Waals surface area (Å²) >= 11 is 0. The number of ether oxygens (including phenoxy) is 1. The smallest absolute Gasteiger partial charge is 0.312 e. The van der Waals surface area contributed by atoms with Crippen LogP contribution in [-0.2, 0) is 16.0 Å². The number of hydrogen-bond donors (Lipinski definition) is 1. The summed E-state index contributed by atoms with van der Waals surface area (Å²) in [4.78, 5) is 14.6. The van der Waals surface area contributed by atoms with E-state index < -0.39 is 5.97 Å². The number of oxazole rings is 1. The van der Waals surface area contributed by atoms with E-state index in [-0.39, 0.29) is 12.3 Å². The lowest BCUT2D eigenvalue weighted by Crippen LogP contribution is -2.14. The lowest BCUT2D eigenvalue weighted by Gasteiger charge is -2.19. The third-order valence-electron chi connectivity index (χ3n) is 2.51. The van der Waals surface area contributed by atoms with Gasteiger partial charge in [-0.15, -0.1) is 0 Å². The highest BCUT2D eigenvalue weighted by Gasteiger charge is 2.19. The molecule has 0 bridgehead atoms. The molecule has 1 aromatic heterocycles. The number of carboxylic acid groups (broad SMARTS) is 1. The zero-order valence-electron chi connectivity index (χ0n) is 8.31. The number of aliphatic carboxylic acids is 1. The summed E-state index contributed by atoms with van der Waals surface area (Å²) in [6.45, 7) is 1.48. The highest BCUT2D eigenvalue weighted by atomic mass is 16.5. The van der Waals surface area contributed by atoms with Gasteiger partial charge in [-0.25, -0.2) is 4.98 Å². The number of hydrogen-bond acceptors (Lipinski definition) is 4. The van der Waals surface area contributed by atoms with Crippen LogP contribution >= 0.6 is 0 Å². The fourth-order valence-corrected chi connectivity index (χ4v) is 1.72. The molecule has 2 heterocycles. The molecule has 0 spiro atoms. The fraction of sp³-hybridized carbons (Fsp3) is 0.600. The Hall–Kier alpha value is -1.36. The Morgan fingerprint density at radius 3 is 2.93 bits per heavy atom. The first kappa shape index (κ1) is 10.2. The minimum atomic E-state index is -0.921. The molecule has 0 saturated carbocycles. The molecule has 1 aliphatic heterocycles. The maximum absolute atomic E-state index is 10.4. The van der Waals surface area contributed by atoms with E-state index in [9.17, 15) is 4.79 Å². The molecule has 15 heavy (non-hydrogen) atoms. The standard InChI is InChI=1S/C10H13NO4/c12-10(13)5-9-11-8(6-15-9)7-1-3-14-4-2-7/h6-7H,1-5H2,(H,12,13). The first-order valence-electron chi connectivity index (χ1n) is 4.99. The Morgan fingerprint density at radius 2 is 2.27 bits per heavy atom. The highest BCUT2D eigenvalue weighted by molar-refractivity contribution is 5.68. The molecule has 0 atom stereocenters. The van der Waals surface area contributed by atoms with Crippen LogP contribution in [0.4, 0.5) is 0 Å². The van der Waals surface area contributed by atoms with Crippen molar-refractivity contribution in [3.8, 4) is 0 Å². The molecule has 0 radical (unpaired) electrons. The van der Waals surface area contributed by atoms with Crippen molar-refractivity contribution >= 4 is 5.97 Å². The number of rotatable bonds is 3. The summed E-state index contributed by atoms with van der Waals surface area (Å²) in [7, 11) is 0. The van der Waals surface area contributed by atoms with Crippen LogP contribution in [0, 0.1) is 0 Å². The fourth-order valence-electron chi connectivity index (χ4n) is 1.72. The summed E-state index contributed by atoms with van der Waals surface area (Å²) in [5.74, 6) is -0.288. The quantitative estimate of drug-likeness (QED) is 0.813. The van der Waals surface area contributed by atoms with Crippen LogP contribution in [0.25, 0.3) is 0 Å². The van der Waals surface area contributed by atoms with Gasteiger partial charge in [0.25, 0.3) is 0 Å². The minimum Gasteiger partial charge on any atom is -0.481 e. The molecule has 1 N–H and O–H groups in total. The van der Waals surface area contributed by atoms with Crippen LogP contribution in [0.3, 0.4) is 0 Å². The Labute approximate surface area is 87.1 Å². The van der Waals surface area contributed by atoms with Gasteiger partial charge in [0.15, 0.2) is 0 Å². The van der Waals surface area contributed by atoms with Crippen LogP contribution < -0.4 is 0 Å². The predicted molar refractivity (Wildman–Crippen MR) is 50.6 cm³/mol. The second-order valence-electron chi connectivity index (χ2n) is 3.62. The normalized spacial score (nSPS) is 17.9. The van der Waals surface area contributed by atoms with E-state index in [4.69, 9.17) is 14.3 Å². The Bertz CT molecular complexity index is 341. The Kier molecular flexibility index (Phi) is 3.01. The number of nitrogens with zero attached hydrogens (tertiary/aromatic N) is 1. The number of carboxylic acids is 1. The lowest BCUT2D eigenvalue weighted by molar-refractivity contribution is -0.136. The second-order valence-corrected chi connectivity index (χ2v) is 3.62. The summed E-state index contributed by atoms with van der Waals surface area (Å²) in [6, 6.07) is 0. The molecule has 1 aromatic rings. The van der Waals surface area contributed by atoms with Gasteiger partial charge in [-0.3, -0.25) is 4.79 Å². The van der Waals surface area contributed by atoms with Crippen LogP contribution in [0.2, 0.25) is 0 Å². The molecule has 82 valence electrons. The van der Waals surface area contributed by atoms with Crippen molar-refractivity contribution < 1.29 is 19.1 Å². The summed E-state index contributed by atoms with van der Waals surface area (Å²) in [6.07, 6.45) is 3.27. The molecule has 1 aliphatic rings. The van der Waals surface area contributed by atoms with Crippen molar-refractivity contribution in [2.75, 3.05) is 13.2 Å². The summed E-state index contributed by atoms with van der Waals surface area (Å²) in [5.41, 5.74) is 0.856. The molecular formula is C10H13NO4. The molecule has 1 saturated heterocycles. The van der Waals surface area contributed by atoms with Crippen LogP contribution in [0.5, 0.6) is 0 Å². The third kappa shape index (κ3) is 2.56. The van der Waals surface area contributed by atoms with Crippen molar-refractivity contribution in [1.82, 2.24) is 4.98 Å². The average Bonchev–Trinajstić information content (AvgIpc) is 2.67. The van der Waals surface area contributed by atoms with E-state index in [0.29, 0.717) is 5.92 Å². The van der Waals surface area contributed by atoms with Gasteiger partial charge in [-0.2, -0.15) is 0 Å². The highest BCUT2D eigenvalue weighted by Crippen LogP contribution is 2.26. The largest absolute Gasteiger partial charge is 0.481 e. The zero-order valence-corrected chi connectivity index (χ0v) is 8.31. The summed E-state index contributed by atoms with van der Waals surface area (Å²) < 4.78 is 10.3. The van der Waals surface area contributed by atoms with Crippen molar-refractivity contribution in [2.45, 2.75) is 25.2 Å². The molecule has 1 fully saturated rings. The first-order valence-corrected chi connectivity index (χ1v) is 4.99. The van der Waals surface area contributed by atoms with Gasteiger partial charge >= 0.3 is 5.97 Å². The molecule has 5 heteroatoms. The van der Waals surface area contributed by atoms with Crippen LogP contribution in [0.15, 0.2) is 10.7 Å². The summed E-state index contributed by atoms with van der Waals surface area (Å²) in [5, 5.41) is 8.57. The maximum atomic E-state index is 10.4. The van der Waals surface area contributed by atoms with Gasteiger partial charge in [-0.1, -0.05) is 0 Å². The topological polar surface area (TPSA) is 72.6 Å². The van der Waals surface area contributed by atoms with Gasteiger partial charge in [-0.05, 0) is 12.8 Å². The first-order chi connectivity index (χ1) is 7.25. The monoisotopic (exact) mass is 211 g/mol. The van der Waals surface area contributed by atoms with E-state index in [2.05, 4.69) is 4.98 Å². The third-order valence-corrected chi connectivity index (χ3v) is 2.51. The van der Waals surface area contributed by atoms with Crippen molar-refractivity contribution in [1.29, 1.82) is 0 Å². The van der Waals surface area contributed by atoms with Gasteiger partial charge in [0, 0.05) is 19.1 Å². The van der Waals surface area contributed by atoms with Gasteiger partial charge < -0.3 is 14.3 Å². The Morgan fingerprint density at radius 1 is 1.53 bits per heavy atom. The maximum Gasteiger partial charge on any atom is 0.312 e.